The van der Waals surface area contributed by atoms with Crippen molar-refractivity contribution >= 4 is 22.9 Å². The standard InChI is InChI=1S/C11H15N9O2/c1-14-9-8-10(17-11(12)16-9)15-4-20(8)7-2-5(18-19-13)6(3-21)22-7/h4-7,21H,2-3H2,1H3,(H3,12,14,16,17)/t5?,6-,7-/m1/s1. The molecular weight excluding hydrogens is 290 g/mol. The van der Waals surface area contributed by atoms with Gasteiger partial charge < -0.3 is 20.9 Å². The van der Waals surface area contributed by atoms with Gasteiger partial charge in [0, 0.05) is 18.4 Å². The van der Waals surface area contributed by atoms with Gasteiger partial charge in [-0.25, -0.2) is 4.98 Å². The number of imidazole rings is 1. The summed E-state index contributed by atoms with van der Waals surface area (Å²) < 4.78 is 7.50. The number of hydrogen-bond acceptors (Lipinski definition) is 8. The summed E-state index contributed by atoms with van der Waals surface area (Å²) in [5, 5.41) is 16.0. The van der Waals surface area contributed by atoms with Crippen molar-refractivity contribution < 1.29 is 9.84 Å². The first-order valence-electron chi connectivity index (χ1n) is 6.66. The van der Waals surface area contributed by atoms with Crippen molar-refractivity contribution in [1.29, 1.82) is 0 Å². The summed E-state index contributed by atoms with van der Waals surface area (Å²) in [6.45, 7) is -0.227. The van der Waals surface area contributed by atoms with Crippen molar-refractivity contribution in [2.75, 3.05) is 24.7 Å². The molecule has 3 rings (SSSR count). The predicted molar refractivity (Wildman–Crippen MR) is 77.8 cm³/mol. The Kier molecular flexibility index (Phi) is 3.67. The molecule has 4 N–H and O–H groups in total. The highest BCUT2D eigenvalue weighted by Gasteiger charge is 2.36. The first-order chi connectivity index (χ1) is 10.7. The zero-order valence-corrected chi connectivity index (χ0v) is 11.8. The number of aliphatic hydroxyl groups excluding tert-OH is 1. The minimum atomic E-state index is -0.550. The lowest BCUT2D eigenvalue weighted by molar-refractivity contribution is -0.0230. The first kappa shape index (κ1) is 14.3. The average molecular weight is 305 g/mol. The fourth-order valence-corrected chi connectivity index (χ4v) is 2.59. The van der Waals surface area contributed by atoms with E-state index in [2.05, 4.69) is 30.3 Å². The number of azide groups is 1. The van der Waals surface area contributed by atoms with E-state index >= 15 is 0 Å². The normalized spacial score (nSPS) is 24.4. The number of rotatable bonds is 4. The van der Waals surface area contributed by atoms with Crippen LogP contribution < -0.4 is 11.1 Å². The van der Waals surface area contributed by atoms with Crippen molar-refractivity contribution in [3.8, 4) is 0 Å². The molecule has 0 bridgehead atoms. The molecule has 1 aliphatic rings. The van der Waals surface area contributed by atoms with Gasteiger partial charge in [-0.2, -0.15) is 9.97 Å². The lowest BCUT2D eigenvalue weighted by Crippen LogP contribution is -2.22. The summed E-state index contributed by atoms with van der Waals surface area (Å²) in [5.41, 5.74) is 15.3. The second-order valence-electron chi connectivity index (χ2n) is 4.82. The highest BCUT2D eigenvalue weighted by molar-refractivity contribution is 5.84. The number of hydrogen-bond donors (Lipinski definition) is 3. The number of fused-ring (bicyclic) bond motifs is 1. The number of nitrogens with two attached hydrogens (primary N) is 1. The number of ether oxygens (including phenoxy) is 1. The van der Waals surface area contributed by atoms with Crippen LogP contribution in [0.25, 0.3) is 21.6 Å². The third kappa shape index (κ3) is 2.26. The van der Waals surface area contributed by atoms with E-state index in [4.69, 9.17) is 16.0 Å². The number of nitrogens with one attached hydrogen (secondary N) is 1. The number of anilines is 2. The van der Waals surface area contributed by atoms with E-state index in [9.17, 15) is 5.11 Å². The molecule has 3 heterocycles. The second-order valence-corrected chi connectivity index (χ2v) is 4.82. The van der Waals surface area contributed by atoms with Gasteiger partial charge in [-0.1, -0.05) is 5.11 Å². The summed E-state index contributed by atoms with van der Waals surface area (Å²) >= 11 is 0. The maximum Gasteiger partial charge on any atom is 0.224 e. The fourth-order valence-electron chi connectivity index (χ4n) is 2.59. The molecule has 0 radical (unpaired) electrons. The molecule has 0 saturated carbocycles. The summed E-state index contributed by atoms with van der Waals surface area (Å²) in [4.78, 5) is 15.2. The van der Waals surface area contributed by atoms with Crippen LogP contribution in [0.5, 0.6) is 0 Å². The molecule has 1 unspecified atom stereocenters. The van der Waals surface area contributed by atoms with Crippen molar-refractivity contribution in [3.05, 3.63) is 16.8 Å². The molecule has 2 aromatic rings. The fraction of sp³-hybridized carbons (Fsp3) is 0.545. The molecule has 1 saturated heterocycles. The number of nitrogens with zero attached hydrogens (tertiary/aromatic N) is 7. The summed E-state index contributed by atoms with van der Waals surface area (Å²) in [6.07, 6.45) is 1.01. The average Bonchev–Trinajstić information content (AvgIpc) is 3.10. The van der Waals surface area contributed by atoms with E-state index in [0.717, 1.165) is 0 Å². The van der Waals surface area contributed by atoms with E-state index in [0.29, 0.717) is 23.4 Å². The third-order valence-electron chi connectivity index (χ3n) is 3.58. The molecule has 0 aliphatic carbocycles. The lowest BCUT2D eigenvalue weighted by Gasteiger charge is -2.15. The second kappa shape index (κ2) is 5.64. The Bertz CT molecular complexity index is 738. The molecule has 3 atom stereocenters. The summed E-state index contributed by atoms with van der Waals surface area (Å²) in [5.74, 6) is 0.644. The van der Waals surface area contributed by atoms with Gasteiger partial charge in [0.2, 0.25) is 5.95 Å². The van der Waals surface area contributed by atoms with Crippen LogP contribution in [0.2, 0.25) is 0 Å². The van der Waals surface area contributed by atoms with Crippen LogP contribution in [0.4, 0.5) is 11.8 Å². The summed E-state index contributed by atoms with van der Waals surface area (Å²) in [6, 6.07) is -0.440. The van der Waals surface area contributed by atoms with Crippen molar-refractivity contribution in [2.45, 2.75) is 24.8 Å². The molecule has 1 aliphatic heterocycles. The first-order valence-corrected chi connectivity index (χ1v) is 6.66. The van der Waals surface area contributed by atoms with Gasteiger partial charge in [0.1, 0.15) is 11.7 Å². The van der Waals surface area contributed by atoms with E-state index < -0.39 is 18.4 Å². The van der Waals surface area contributed by atoms with Crippen LogP contribution in [-0.2, 0) is 4.74 Å². The predicted octanol–water partition coefficient (Wildman–Crippen LogP) is 0.409. The Balaban J connectivity index is 2.02. The van der Waals surface area contributed by atoms with Crippen molar-refractivity contribution in [2.24, 2.45) is 5.11 Å². The largest absolute Gasteiger partial charge is 0.394 e. The minimum Gasteiger partial charge on any atom is -0.394 e. The summed E-state index contributed by atoms with van der Waals surface area (Å²) in [7, 11) is 1.72. The van der Waals surface area contributed by atoms with Crippen LogP contribution in [0.15, 0.2) is 11.4 Å². The number of nitrogen functional groups attached to an aromatic ring is 1. The van der Waals surface area contributed by atoms with Crippen LogP contribution in [0.1, 0.15) is 12.6 Å². The Morgan fingerprint density at radius 1 is 1.64 bits per heavy atom. The van der Waals surface area contributed by atoms with Gasteiger partial charge in [-0.3, -0.25) is 4.57 Å². The Morgan fingerprint density at radius 2 is 2.45 bits per heavy atom. The molecule has 116 valence electrons. The van der Waals surface area contributed by atoms with E-state index in [1.165, 1.54) is 0 Å². The molecule has 0 spiro atoms. The van der Waals surface area contributed by atoms with Gasteiger partial charge in [0.25, 0.3) is 0 Å². The zero-order valence-electron chi connectivity index (χ0n) is 11.8. The molecule has 0 amide bonds. The van der Waals surface area contributed by atoms with Gasteiger partial charge in [-0.05, 0) is 5.53 Å². The maximum atomic E-state index is 9.34. The van der Waals surface area contributed by atoms with Gasteiger partial charge in [0.15, 0.2) is 11.5 Å². The van der Waals surface area contributed by atoms with Gasteiger partial charge in [0.05, 0.1) is 25.1 Å². The van der Waals surface area contributed by atoms with Crippen molar-refractivity contribution in [1.82, 2.24) is 19.5 Å². The molecule has 0 aromatic carbocycles. The topological polar surface area (TPSA) is 160 Å². The molecule has 11 nitrogen and oxygen atoms in total. The molecule has 11 heteroatoms. The Morgan fingerprint density at radius 3 is 3.14 bits per heavy atom. The van der Waals surface area contributed by atoms with Crippen molar-refractivity contribution in [3.63, 3.8) is 0 Å². The van der Waals surface area contributed by atoms with Gasteiger partial charge >= 0.3 is 0 Å². The SMILES string of the molecule is CNc1nc(N)nc2ncn([C@H]3CC(N=[N+]=[N-])[C@@H](CO)O3)c12. The van der Waals surface area contributed by atoms with E-state index in [1.807, 2.05) is 0 Å². The van der Waals surface area contributed by atoms with E-state index in [-0.39, 0.29) is 12.6 Å². The number of aromatic nitrogens is 4. The highest BCUT2D eigenvalue weighted by Crippen LogP contribution is 2.34. The Hall–Kier alpha value is -2.62. The number of aliphatic hydroxyl groups is 1. The van der Waals surface area contributed by atoms with E-state index in [1.54, 1.807) is 17.9 Å². The molecule has 22 heavy (non-hydrogen) atoms. The van der Waals surface area contributed by atoms with Crippen LogP contribution in [-0.4, -0.2) is 50.4 Å². The van der Waals surface area contributed by atoms with Crippen LogP contribution in [0, 0.1) is 0 Å². The third-order valence-corrected chi connectivity index (χ3v) is 3.58. The van der Waals surface area contributed by atoms with Gasteiger partial charge in [-0.15, -0.1) is 0 Å². The lowest BCUT2D eigenvalue weighted by atomic mass is 10.1. The quantitative estimate of drug-likeness (QED) is 0.418. The molecular formula is C11H15N9O2. The smallest absolute Gasteiger partial charge is 0.224 e. The van der Waals surface area contributed by atoms with Crippen LogP contribution in [0.3, 0.4) is 0 Å². The minimum absolute atomic E-state index is 0.120. The highest BCUT2D eigenvalue weighted by atomic mass is 16.5. The van der Waals surface area contributed by atoms with Crippen LogP contribution >= 0.6 is 0 Å². The molecule has 2 aromatic heterocycles. The monoisotopic (exact) mass is 305 g/mol. The molecule has 1 fully saturated rings. The zero-order chi connectivity index (χ0) is 15.7. The Labute approximate surface area is 124 Å². The maximum absolute atomic E-state index is 9.34.